The quantitative estimate of drug-likeness (QED) is 0.165. The van der Waals surface area contributed by atoms with E-state index in [1.54, 1.807) is 36.4 Å². The van der Waals surface area contributed by atoms with Crippen LogP contribution in [0.3, 0.4) is 0 Å². The molecule has 0 saturated heterocycles. The van der Waals surface area contributed by atoms with Gasteiger partial charge in [0.05, 0.1) is 17.3 Å². The number of fused-ring (bicyclic) bond motifs is 1. The Balaban J connectivity index is 1.63. The van der Waals surface area contributed by atoms with Crippen LogP contribution in [-0.2, 0) is 0 Å². The summed E-state index contributed by atoms with van der Waals surface area (Å²) in [4.78, 5) is 25.1. The third-order valence-electron chi connectivity index (χ3n) is 4.90. The molecule has 0 fully saturated rings. The highest BCUT2D eigenvalue weighted by Crippen LogP contribution is 2.27. The Labute approximate surface area is 193 Å². The molecule has 0 aliphatic rings. The standard InChI is InChI=1S/C26H19BrN2O3/c1-17-10-12-19(13-11-17)26(31)32-24-15-14-18-6-2-3-7-20(18)22(24)16-28-29-25(30)21-8-4-5-9-23(21)27/h2-16H,1H3,(H,29,30)/b28-16-. The van der Waals surface area contributed by atoms with Crippen LogP contribution in [0.25, 0.3) is 10.8 Å². The van der Waals surface area contributed by atoms with E-state index in [1.807, 2.05) is 55.5 Å². The van der Waals surface area contributed by atoms with Crippen LogP contribution in [-0.4, -0.2) is 18.1 Å². The first-order valence-corrected chi connectivity index (χ1v) is 10.7. The highest BCUT2D eigenvalue weighted by atomic mass is 79.9. The predicted octanol–water partition coefficient (Wildman–Crippen LogP) is 5.89. The molecule has 1 N–H and O–H groups in total. The Hall–Kier alpha value is -3.77. The van der Waals surface area contributed by atoms with E-state index in [2.05, 4.69) is 26.5 Å². The second-order valence-electron chi connectivity index (χ2n) is 7.13. The van der Waals surface area contributed by atoms with Gasteiger partial charge in [0.25, 0.3) is 5.91 Å². The highest BCUT2D eigenvalue weighted by molar-refractivity contribution is 9.10. The highest BCUT2D eigenvalue weighted by Gasteiger charge is 2.14. The molecule has 0 heterocycles. The molecule has 158 valence electrons. The Kier molecular flexibility index (Phi) is 6.42. The van der Waals surface area contributed by atoms with Gasteiger partial charge in [0.1, 0.15) is 5.75 Å². The van der Waals surface area contributed by atoms with Crippen molar-refractivity contribution in [1.29, 1.82) is 0 Å². The number of benzene rings is 4. The molecule has 4 aromatic carbocycles. The topological polar surface area (TPSA) is 67.8 Å². The number of nitrogens with zero attached hydrogens (tertiary/aromatic N) is 1. The van der Waals surface area contributed by atoms with E-state index >= 15 is 0 Å². The summed E-state index contributed by atoms with van der Waals surface area (Å²) in [5.74, 6) is -0.465. The van der Waals surface area contributed by atoms with Crippen molar-refractivity contribution in [1.82, 2.24) is 5.43 Å². The average molecular weight is 487 g/mol. The largest absolute Gasteiger partial charge is 0.422 e. The van der Waals surface area contributed by atoms with Gasteiger partial charge in [-0.15, -0.1) is 0 Å². The molecule has 32 heavy (non-hydrogen) atoms. The second-order valence-corrected chi connectivity index (χ2v) is 7.99. The van der Waals surface area contributed by atoms with E-state index in [0.29, 0.717) is 26.9 Å². The van der Waals surface area contributed by atoms with E-state index < -0.39 is 5.97 Å². The molecule has 0 aliphatic heterocycles. The summed E-state index contributed by atoms with van der Waals surface area (Å²) in [5, 5.41) is 5.93. The third-order valence-corrected chi connectivity index (χ3v) is 5.59. The summed E-state index contributed by atoms with van der Waals surface area (Å²) in [6.45, 7) is 1.95. The van der Waals surface area contributed by atoms with E-state index in [4.69, 9.17) is 4.74 Å². The first kappa shape index (κ1) is 21.5. The Morgan fingerprint density at radius 2 is 1.62 bits per heavy atom. The maximum atomic E-state index is 12.7. The van der Waals surface area contributed by atoms with Gasteiger partial charge in [0.15, 0.2) is 0 Å². The monoisotopic (exact) mass is 486 g/mol. The van der Waals surface area contributed by atoms with Gasteiger partial charge in [-0.05, 0) is 64.0 Å². The van der Waals surface area contributed by atoms with Crippen LogP contribution in [0.15, 0.2) is 94.5 Å². The summed E-state index contributed by atoms with van der Waals surface area (Å²) in [6.07, 6.45) is 1.49. The van der Waals surface area contributed by atoms with E-state index in [-0.39, 0.29) is 5.91 Å². The molecule has 0 bridgehead atoms. The first-order chi connectivity index (χ1) is 15.5. The van der Waals surface area contributed by atoms with Gasteiger partial charge in [-0.25, -0.2) is 10.2 Å². The lowest BCUT2D eigenvalue weighted by molar-refractivity contribution is 0.0734. The lowest BCUT2D eigenvalue weighted by Crippen LogP contribution is -2.18. The molecule has 0 atom stereocenters. The zero-order valence-electron chi connectivity index (χ0n) is 17.2. The fraction of sp³-hybridized carbons (Fsp3) is 0.0385. The molecule has 5 nitrogen and oxygen atoms in total. The van der Waals surface area contributed by atoms with Crippen LogP contribution in [0.1, 0.15) is 31.8 Å². The van der Waals surface area contributed by atoms with Crippen molar-refractivity contribution in [2.45, 2.75) is 6.92 Å². The summed E-state index contributed by atoms with van der Waals surface area (Å²) in [7, 11) is 0. The Bertz CT molecular complexity index is 1330. The van der Waals surface area contributed by atoms with Crippen LogP contribution in [0, 0.1) is 6.92 Å². The fourth-order valence-electron chi connectivity index (χ4n) is 3.21. The number of halogens is 1. The van der Waals surface area contributed by atoms with Crippen LogP contribution in [0.5, 0.6) is 5.75 Å². The van der Waals surface area contributed by atoms with Crippen molar-refractivity contribution in [3.8, 4) is 5.75 Å². The van der Waals surface area contributed by atoms with E-state index in [0.717, 1.165) is 16.3 Å². The minimum Gasteiger partial charge on any atom is -0.422 e. The average Bonchev–Trinajstić information content (AvgIpc) is 2.80. The summed E-state index contributed by atoms with van der Waals surface area (Å²) >= 11 is 3.36. The Morgan fingerprint density at radius 3 is 2.41 bits per heavy atom. The summed E-state index contributed by atoms with van der Waals surface area (Å²) in [6, 6.07) is 25.5. The molecule has 4 aromatic rings. The normalized spacial score (nSPS) is 10.9. The van der Waals surface area contributed by atoms with E-state index in [1.165, 1.54) is 6.21 Å². The van der Waals surface area contributed by atoms with Gasteiger partial charge in [-0.1, -0.05) is 60.2 Å². The zero-order chi connectivity index (χ0) is 22.5. The number of ether oxygens (including phenoxy) is 1. The molecule has 1 amide bonds. The first-order valence-electron chi connectivity index (χ1n) is 9.91. The van der Waals surface area contributed by atoms with Crippen molar-refractivity contribution in [2.24, 2.45) is 5.10 Å². The van der Waals surface area contributed by atoms with Gasteiger partial charge in [0.2, 0.25) is 0 Å². The van der Waals surface area contributed by atoms with E-state index in [9.17, 15) is 9.59 Å². The predicted molar refractivity (Wildman–Crippen MR) is 129 cm³/mol. The lowest BCUT2D eigenvalue weighted by atomic mass is 10.0. The molecule has 0 radical (unpaired) electrons. The molecule has 6 heteroatoms. The molecule has 4 rings (SSSR count). The van der Waals surface area contributed by atoms with Crippen molar-refractivity contribution >= 4 is 44.8 Å². The summed E-state index contributed by atoms with van der Waals surface area (Å²) < 4.78 is 6.36. The van der Waals surface area contributed by atoms with Gasteiger partial charge >= 0.3 is 5.97 Å². The fourth-order valence-corrected chi connectivity index (χ4v) is 3.67. The SMILES string of the molecule is Cc1ccc(C(=O)Oc2ccc3ccccc3c2/C=N\NC(=O)c2ccccc2Br)cc1. The molecule has 0 unspecified atom stereocenters. The number of aryl methyl sites for hydroxylation is 1. The maximum Gasteiger partial charge on any atom is 0.343 e. The molecule has 0 spiro atoms. The number of carbonyl (C=O) groups excluding carboxylic acids is 2. The van der Waals surface area contributed by atoms with Gasteiger partial charge < -0.3 is 4.74 Å². The number of hydrazone groups is 1. The molecule has 0 saturated carbocycles. The number of amides is 1. The minimum absolute atomic E-state index is 0.354. The number of nitrogens with one attached hydrogen (secondary N) is 1. The van der Waals surface area contributed by atoms with Crippen LogP contribution >= 0.6 is 15.9 Å². The van der Waals surface area contributed by atoms with Crippen molar-refractivity contribution in [3.63, 3.8) is 0 Å². The molecule has 0 aliphatic carbocycles. The Morgan fingerprint density at radius 1 is 0.906 bits per heavy atom. The number of esters is 1. The van der Waals surface area contributed by atoms with Crippen molar-refractivity contribution < 1.29 is 14.3 Å². The summed E-state index contributed by atoms with van der Waals surface area (Å²) in [5.41, 5.74) is 5.10. The van der Waals surface area contributed by atoms with Gasteiger partial charge in [0, 0.05) is 10.0 Å². The molecule has 0 aromatic heterocycles. The molecular weight excluding hydrogens is 468 g/mol. The number of carbonyl (C=O) groups is 2. The van der Waals surface area contributed by atoms with Gasteiger partial charge in [-0.3, -0.25) is 4.79 Å². The lowest BCUT2D eigenvalue weighted by Gasteiger charge is -2.11. The van der Waals surface area contributed by atoms with Crippen LogP contribution in [0.2, 0.25) is 0 Å². The zero-order valence-corrected chi connectivity index (χ0v) is 18.8. The number of hydrogen-bond donors (Lipinski definition) is 1. The van der Waals surface area contributed by atoms with Gasteiger partial charge in [-0.2, -0.15) is 5.10 Å². The minimum atomic E-state index is -0.466. The number of rotatable bonds is 5. The smallest absolute Gasteiger partial charge is 0.343 e. The maximum absolute atomic E-state index is 12.7. The second kappa shape index (κ2) is 9.58. The molecular formula is C26H19BrN2O3. The van der Waals surface area contributed by atoms with Crippen molar-refractivity contribution in [2.75, 3.05) is 0 Å². The number of hydrogen-bond acceptors (Lipinski definition) is 4. The van der Waals surface area contributed by atoms with Crippen molar-refractivity contribution in [3.05, 3.63) is 112 Å². The van der Waals surface area contributed by atoms with Crippen LogP contribution in [0.4, 0.5) is 0 Å². The van der Waals surface area contributed by atoms with Crippen LogP contribution < -0.4 is 10.2 Å². The third kappa shape index (κ3) is 4.76.